The van der Waals surface area contributed by atoms with Gasteiger partial charge in [0.2, 0.25) is 0 Å². The zero-order valence-corrected chi connectivity index (χ0v) is 7.81. The van der Waals surface area contributed by atoms with Crippen LogP contribution in [0.1, 0.15) is 16.8 Å². The van der Waals surface area contributed by atoms with Crippen LogP contribution in [0.15, 0.2) is 35.1 Å². The lowest BCUT2D eigenvalue weighted by atomic mass is 10.4. The molecule has 0 aliphatic rings. The number of aryl methyl sites for hydroxylation is 1. The molecule has 0 saturated carbocycles. The first kappa shape index (κ1) is 3.20. The molecule has 0 unspecified atom stereocenters. The Bertz CT molecular complexity index is 723. The Morgan fingerprint density at radius 1 is 1.62 bits per heavy atom. The van der Waals surface area contributed by atoms with E-state index >= 15 is 0 Å². The molecule has 2 aromatic heterocycles. The van der Waals surface area contributed by atoms with Crippen molar-refractivity contribution in [3.63, 3.8) is 0 Å². The van der Waals surface area contributed by atoms with Crippen LogP contribution in [0.3, 0.4) is 0 Å². The highest BCUT2D eigenvalue weighted by Crippen LogP contribution is 2.13. The minimum absolute atomic E-state index is 0.0529. The zero-order valence-electron chi connectivity index (χ0n) is 14.2. The van der Waals surface area contributed by atoms with Gasteiger partial charge in [0.05, 0.1) is 6.85 Å². The maximum atomic E-state index is 7.84. The standard InChI is InChI=1S/C9H8BrN3/c1-7-12-8(10)6-13(7)9-4-2-3-5-11-9/h2-6H,1H3/i1D3,2D,3D,4D,5D,6D. The van der Waals surface area contributed by atoms with Crippen molar-refractivity contribution in [2.45, 2.75) is 6.85 Å². The second kappa shape index (κ2) is 3.30. The fourth-order valence-electron chi connectivity index (χ4n) is 0.796. The van der Waals surface area contributed by atoms with E-state index in [0.717, 1.165) is 4.57 Å². The molecule has 0 amide bonds. The van der Waals surface area contributed by atoms with Crippen LogP contribution in [0, 0.1) is 6.85 Å². The third kappa shape index (κ3) is 1.62. The van der Waals surface area contributed by atoms with Crippen molar-refractivity contribution in [1.29, 1.82) is 0 Å². The van der Waals surface area contributed by atoms with E-state index in [1.165, 1.54) is 0 Å². The summed E-state index contributed by atoms with van der Waals surface area (Å²) >= 11 is 2.94. The molecule has 66 valence electrons. The molecular weight excluding hydrogens is 230 g/mol. The van der Waals surface area contributed by atoms with E-state index in [4.69, 9.17) is 11.0 Å². The van der Waals surface area contributed by atoms with E-state index in [1.54, 1.807) is 0 Å². The lowest BCUT2D eigenvalue weighted by Crippen LogP contribution is -1.97. The van der Waals surface area contributed by atoms with Gasteiger partial charge in [-0.05, 0) is 34.9 Å². The topological polar surface area (TPSA) is 30.7 Å². The van der Waals surface area contributed by atoms with Crippen molar-refractivity contribution in [1.82, 2.24) is 14.5 Å². The molecule has 3 nitrogen and oxygen atoms in total. The lowest BCUT2D eigenvalue weighted by Gasteiger charge is -2.01. The van der Waals surface area contributed by atoms with Gasteiger partial charge in [-0.15, -0.1) is 0 Å². The van der Waals surface area contributed by atoms with Crippen LogP contribution in [-0.4, -0.2) is 14.5 Å². The summed E-state index contributed by atoms with van der Waals surface area (Å²) in [7, 11) is 0. The average Bonchev–Trinajstić information content (AvgIpc) is 2.68. The summed E-state index contributed by atoms with van der Waals surface area (Å²) in [6.45, 7) is -2.67. The summed E-state index contributed by atoms with van der Waals surface area (Å²) in [5.41, 5.74) is 0. The molecule has 0 fully saturated rings. The Morgan fingerprint density at radius 3 is 3.38 bits per heavy atom. The Labute approximate surface area is 95.8 Å². The van der Waals surface area contributed by atoms with Crippen LogP contribution < -0.4 is 0 Å². The molecule has 0 aliphatic heterocycles. The number of hydrogen-bond donors (Lipinski definition) is 0. The monoisotopic (exact) mass is 245 g/mol. The minimum Gasteiger partial charge on any atom is -0.287 e. The van der Waals surface area contributed by atoms with Crippen LogP contribution in [0.4, 0.5) is 0 Å². The summed E-state index contributed by atoms with van der Waals surface area (Å²) in [6.07, 6.45) is -0.939. The van der Waals surface area contributed by atoms with Crippen molar-refractivity contribution in [2.24, 2.45) is 0 Å². The van der Waals surface area contributed by atoms with Crippen LogP contribution in [0.2, 0.25) is 0 Å². The molecule has 0 atom stereocenters. The average molecular weight is 246 g/mol. The van der Waals surface area contributed by atoms with E-state index in [0.29, 0.717) is 0 Å². The van der Waals surface area contributed by atoms with E-state index in [1.807, 2.05) is 0 Å². The van der Waals surface area contributed by atoms with Gasteiger partial charge in [0.15, 0.2) is 0 Å². The SMILES string of the molecule is [2H]c1nc(-n2c(C([2H])([2H])[2H])nc(Br)c2[2H])c([2H])c([2H])c1[2H]. The van der Waals surface area contributed by atoms with Gasteiger partial charge < -0.3 is 0 Å². The Hall–Kier alpha value is -1.16. The van der Waals surface area contributed by atoms with Gasteiger partial charge in [0.1, 0.15) is 16.2 Å². The fourth-order valence-corrected chi connectivity index (χ4v) is 1.14. The predicted octanol–water partition coefficient (Wildman–Crippen LogP) is 2.34. The van der Waals surface area contributed by atoms with Crippen LogP contribution in [-0.2, 0) is 0 Å². The lowest BCUT2D eigenvalue weighted by molar-refractivity contribution is 0.933. The maximum Gasteiger partial charge on any atom is 0.138 e. The fraction of sp³-hybridized carbons (Fsp3) is 0.111. The molecule has 0 aromatic carbocycles. The van der Waals surface area contributed by atoms with E-state index in [-0.39, 0.29) is 16.6 Å². The summed E-state index contributed by atoms with van der Waals surface area (Å²) in [5.74, 6) is -0.882. The number of halogens is 1. The van der Waals surface area contributed by atoms with Crippen molar-refractivity contribution in [3.05, 3.63) is 40.9 Å². The van der Waals surface area contributed by atoms with Gasteiger partial charge >= 0.3 is 0 Å². The predicted molar refractivity (Wildman–Crippen MR) is 53.8 cm³/mol. The second-order valence-electron chi connectivity index (χ2n) is 2.10. The summed E-state index contributed by atoms with van der Waals surface area (Å²) in [6, 6.07) is -1.64. The minimum atomic E-state index is -2.67. The van der Waals surface area contributed by atoms with Gasteiger partial charge in [-0.1, -0.05) is 6.04 Å². The van der Waals surface area contributed by atoms with Crippen LogP contribution in [0.5, 0.6) is 0 Å². The second-order valence-corrected chi connectivity index (χ2v) is 2.85. The molecule has 0 spiro atoms. The van der Waals surface area contributed by atoms with E-state index < -0.39 is 37.0 Å². The summed E-state index contributed by atoms with van der Waals surface area (Å²) in [5, 5.41) is 0. The molecule has 0 N–H and O–H groups in total. The first-order valence-electron chi connectivity index (χ1n) is 7.25. The zero-order chi connectivity index (χ0) is 16.1. The highest BCUT2D eigenvalue weighted by Gasteiger charge is 2.03. The quantitative estimate of drug-likeness (QED) is 0.773. The van der Waals surface area contributed by atoms with Crippen LogP contribution in [0.25, 0.3) is 5.82 Å². The maximum absolute atomic E-state index is 7.84. The van der Waals surface area contributed by atoms with Crippen molar-refractivity contribution in [2.75, 3.05) is 0 Å². The molecule has 4 heteroatoms. The van der Waals surface area contributed by atoms with Crippen molar-refractivity contribution in [3.8, 4) is 5.82 Å². The van der Waals surface area contributed by atoms with Gasteiger partial charge in [-0.2, -0.15) is 0 Å². The van der Waals surface area contributed by atoms with Gasteiger partial charge in [0, 0.05) is 16.5 Å². The first-order chi connectivity index (χ1) is 9.55. The molecule has 0 radical (unpaired) electrons. The molecule has 2 rings (SSSR count). The van der Waals surface area contributed by atoms with Crippen molar-refractivity contribution >= 4 is 15.9 Å². The van der Waals surface area contributed by atoms with E-state index in [9.17, 15) is 0 Å². The normalized spacial score (nSPS) is 20.1. The highest BCUT2D eigenvalue weighted by molar-refractivity contribution is 9.10. The highest BCUT2D eigenvalue weighted by atomic mass is 79.9. The Morgan fingerprint density at radius 2 is 2.54 bits per heavy atom. The molecule has 0 aliphatic carbocycles. The third-order valence-electron chi connectivity index (χ3n) is 1.29. The summed E-state index contributed by atoms with van der Waals surface area (Å²) < 4.78 is 61.1. The number of rotatable bonds is 1. The number of aromatic nitrogens is 3. The molecule has 0 saturated heterocycles. The molecule has 0 bridgehead atoms. The van der Waals surface area contributed by atoms with Gasteiger partial charge in [-0.3, -0.25) is 4.57 Å². The number of nitrogens with zero attached hydrogens (tertiary/aromatic N) is 3. The molecule has 2 aromatic rings. The van der Waals surface area contributed by atoms with Crippen LogP contribution >= 0.6 is 15.9 Å². The molecule has 13 heavy (non-hydrogen) atoms. The molecule has 2 heterocycles. The van der Waals surface area contributed by atoms with Gasteiger partial charge in [0.25, 0.3) is 0 Å². The first-order valence-corrected chi connectivity index (χ1v) is 4.05. The number of hydrogen-bond acceptors (Lipinski definition) is 2. The van der Waals surface area contributed by atoms with Crippen molar-refractivity contribution < 1.29 is 11.0 Å². The Kier molecular flexibility index (Phi) is 0.813. The number of pyridine rings is 1. The summed E-state index contributed by atoms with van der Waals surface area (Å²) in [4.78, 5) is 7.37. The largest absolute Gasteiger partial charge is 0.287 e. The van der Waals surface area contributed by atoms with E-state index in [2.05, 4.69) is 25.9 Å². The van der Waals surface area contributed by atoms with Gasteiger partial charge in [-0.25, -0.2) is 9.97 Å². The molecular formula is C9H8BrN3. The number of imidazole rings is 1. The smallest absolute Gasteiger partial charge is 0.138 e. The Balaban J connectivity index is 2.86. The third-order valence-corrected chi connectivity index (χ3v) is 1.64.